The number of benzene rings is 1. The molecule has 1 aromatic heterocycles. The minimum absolute atomic E-state index is 0.133. The Morgan fingerprint density at radius 2 is 2.06 bits per heavy atom. The Morgan fingerprint density at radius 1 is 1.28 bits per heavy atom. The molecule has 18 heavy (non-hydrogen) atoms. The van der Waals surface area contributed by atoms with Crippen molar-refractivity contribution in [3.63, 3.8) is 0 Å². The number of nitro groups is 1. The zero-order valence-corrected chi connectivity index (χ0v) is 12.0. The molecule has 0 radical (unpaired) electrons. The Labute approximate surface area is 119 Å². The van der Waals surface area contributed by atoms with Gasteiger partial charge in [0.15, 0.2) is 0 Å². The maximum atomic E-state index is 10.9. The van der Waals surface area contributed by atoms with E-state index in [0.717, 1.165) is 10.7 Å². The van der Waals surface area contributed by atoms with Gasteiger partial charge in [0.05, 0.1) is 9.40 Å². The van der Waals surface area contributed by atoms with Crippen LogP contribution >= 0.6 is 31.9 Å². The van der Waals surface area contributed by atoms with Crippen LogP contribution in [0.15, 0.2) is 45.6 Å². The molecule has 1 heterocycles. The van der Waals surface area contributed by atoms with Gasteiger partial charge in [-0.15, -0.1) is 0 Å². The maximum absolute atomic E-state index is 10.9. The van der Waals surface area contributed by atoms with Crippen molar-refractivity contribution in [2.75, 3.05) is 0 Å². The number of halogens is 2. The lowest BCUT2D eigenvalue weighted by molar-refractivity contribution is -0.386. The van der Waals surface area contributed by atoms with Crippen LogP contribution in [-0.4, -0.2) is 9.91 Å². The molecule has 0 bridgehead atoms. The minimum Gasteiger partial charge on any atom is -0.449 e. The molecule has 0 aliphatic rings. The second-order valence-electron chi connectivity index (χ2n) is 3.29. The molecule has 0 N–H and O–H groups in total. The summed E-state index contributed by atoms with van der Waals surface area (Å²) in [6.45, 7) is 0. The number of rotatable bonds is 3. The van der Waals surface area contributed by atoms with Crippen LogP contribution in [-0.2, 0) is 0 Å². The maximum Gasteiger partial charge on any atom is 0.330 e. The Kier molecular flexibility index (Phi) is 3.93. The van der Waals surface area contributed by atoms with Gasteiger partial charge < -0.3 is 4.74 Å². The van der Waals surface area contributed by atoms with Crippen molar-refractivity contribution in [2.45, 2.75) is 0 Å². The molecule has 0 aliphatic heterocycles. The van der Waals surface area contributed by atoms with Crippen molar-refractivity contribution in [1.29, 1.82) is 0 Å². The van der Waals surface area contributed by atoms with Gasteiger partial charge in [0, 0.05) is 10.7 Å². The van der Waals surface area contributed by atoms with Gasteiger partial charge in [0.2, 0.25) is 5.75 Å². The Bertz CT molecular complexity index is 605. The number of aromatic nitrogens is 1. The highest BCUT2D eigenvalue weighted by Gasteiger charge is 2.19. The van der Waals surface area contributed by atoms with E-state index in [-0.39, 0.29) is 11.4 Å². The summed E-state index contributed by atoms with van der Waals surface area (Å²) in [5, 5.41) is 10.9. The molecule has 1 aromatic carbocycles. The normalized spacial score (nSPS) is 10.1. The lowest BCUT2D eigenvalue weighted by Crippen LogP contribution is -1.95. The monoisotopic (exact) mass is 372 g/mol. The number of ether oxygens (including phenoxy) is 1. The summed E-state index contributed by atoms with van der Waals surface area (Å²) in [4.78, 5) is 14.1. The highest BCUT2D eigenvalue weighted by molar-refractivity contribution is 9.10. The van der Waals surface area contributed by atoms with Crippen molar-refractivity contribution in [3.8, 4) is 11.5 Å². The summed E-state index contributed by atoms with van der Waals surface area (Å²) in [5.41, 5.74) is -0.190. The first-order valence-corrected chi connectivity index (χ1v) is 6.38. The Hall–Kier alpha value is -1.47. The summed E-state index contributed by atoms with van der Waals surface area (Å²) >= 11 is 6.49. The summed E-state index contributed by atoms with van der Waals surface area (Å²) < 4.78 is 6.78. The lowest BCUT2D eigenvalue weighted by Gasteiger charge is -2.07. The summed E-state index contributed by atoms with van der Waals surface area (Å²) in [6.07, 6.45) is 2.60. The van der Waals surface area contributed by atoms with Gasteiger partial charge in [-0.05, 0) is 34.1 Å². The fourth-order valence-corrected chi connectivity index (χ4v) is 2.07. The summed E-state index contributed by atoms with van der Waals surface area (Å²) in [6, 6.07) is 7.04. The zero-order valence-electron chi connectivity index (χ0n) is 8.84. The van der Waals surface area contributed by atoms with Crippen molar-refractivity contribution >= 4 is 37.5 Å². The van der Waals surface area contributed by atoms with Crippen LogP contribution in [0.3, 0.4) is 0 Å². The number of nitrogens with zero attached hydrogens (tertiary/aromatic N) is 2. The molecule has 0 amide bonds. The molecule has 7 heteroatoms. The van der Waals surface area contributed by atoms with Crippen LogP contribution < -0.4 is 4.74 Å². The first kappa shape index (κ1) is 13.0. The molecule has 92 valence electrons. The topological polar surface area (TPSA) is 65.3 Å². The van der Waals surface area contributed by atoms with Gasteiger partial charge in [-0.2, -0.15) is 0 Å². The van der Waals surface area contributed by atoms with E-state index in [4.69, 9.17) is 4.74 Å². The smallest absolute Gasteiger partial charge is 0.330 e. The molecule has 0 saturated carbocycles. The van der Waals surface area contributed by atoms with E-state index >= 15 is 0 Å². The van der Waals surface area contributed by atoms with Crippen molar-refractivity contribution in [1.82, 2.24) is 4.98 Å². The third-order valence-corrected chi connectivity index (χ3v) is 3.11. The average molecular weight is 374 g/mol. The van der Waals surface area contributed by atoms with E-state index in [1.54, 1.807) is 18.2 Å². The van der Waals surface area contributed by atoms with E-state index in [2.05, 4.69) is 36.8 Å². The van der Waals surface area contributed by atoms with E-state index in [9.17, 15) is 10.1 Å². The van der Waals surface area contributed by atoms with Gasteiger partial charge in [-0.3, -0.25) is 15.1 Å². The Morgan fingerprint density at radius 3 is 2.72 bits per heavy atom. The SMILES string of the molecule is O=[N+]([O-])c1cncc(Br)c1Oc1cccc(Br)c1. The second kappa shape index (κ2) is 5.45. The molecular formula is C11H6Br2N2O3. The highest BCUT2D eigenvalue weighted by Crippen LogP contribution is 2.37. The van der Waals surface area contributed by atoms with E-state index < -0.39 is 4.92 Å². The molecule has 0 spiro atoms. The number of hydrogen-bond acceptors (Lipinski definition) is 4. The van der Waals surface area contributed by atoms with Gasteiger partial charge in [0.1, 0.15) is 11.9 Å². The minimum atomic E-state index is -0.537. The first-order chi connectivity index (χ1) is 8.58. The van der Waals surface area contributed by atoms with Crippen molar-refractivity contribution in [2.24, 2.45) is 0 Å². The van der Waals surface area contributed by atoms with Crippen LogP contribution in [0.1, 0.15) is 0 Å². The third-order valence-electron chi connectivity index (χ3n) is 2.05. The molecule has 0 atom stereocenters. The molecule has 0 unspecified atom stereocenters. The molecule has 5 nitrogen and oxygen atoms in total. The second-order valence-corrected chi connectivity index (χ2v) is 5.06. The largest absolute Gasteiger partial charge is 0.449 e. The summed E-state index contributed by atoms with van der Waals surface area (Å²) in [7, 11) is 0. The van der Waals surface area contributed by atoms with E-state index in [1.807, 2.05) is 6.07 Å². The summed E-state index contributed by atoms with van der Waals surface area (Å²) in [5.74, 6) is 0.632. The van der Waals surface area contributed by atoms with Crippen LogP contribution in [0.2, 0.25) is 0 Å². The van der Waals surface area contributed by atoms with Gasteiger partial charge in [-0.1, -0.05) is 22.0 Å². The van der Waals surface area contributed by atoms with Crippen LogP contribution in [0, 0.1) is 10.1 Å². The third kappa shape index (κ3) is 2.85. The Balaban J connectivity index is 2.42. The molecule has 2 rings (SSSR count). The first-order valence-electron chi connectivity index (χ1n) is 4.79. The average Bonchev–Trinajstić information content (AvgIpc) is 2.31. The van der Waals surface area contributed by atoms with Crippen molar-refractivity contribution < 1.29 is 9.66 Å². The van der Waals surface area contributed by atoms with E-state index in [1.165, 1.54) is 6.20 Å². The van der Waals surface area contributed by atoms with Crippen molar-refractivity contribution in [3.05, 3.63) is 55.7 Å². The highest BCUT2D eigenvalue weighted by atomic mass is 79.9. The molecule has 0 fully saturated rings. The zero-order chi connectivity index (χ0) is 13.1. The lowest BCUT2D eigenvalue weighted by atomic mass is 10.3. The fourth-order valence-electron chi connectivity index (χ4n) is 1.29. The predicted molar refractivity (Wildman–Crippen MR) is 72.8 cm³/mol. The van der Waals surface area contributed by atoms with Crippen LogP contribution in [0.5, 0.6) is 11.5 Å². The predicted octanol–water partition coefficient (Wildman–Crippen LogP) is 4.31. The standard InChI is InChI=1S/C11H6Br2N2O3/c12-7-2-1-3-8(4-7)18-11-9(13)5-14-6-10(11)15(16)17/h1-6H. The van der Waals surface area contributed by atoms with Crippen LogP contribution in [0.4, 0.5) is 5.69 Å². The van der Waals surface area contributed by atoms with Gasteiger partial charge in [0.25, 0.3) is 0 Å². The molecular weight excluding hydrogens is 368 g/mol. The van der Waals surface area contributed by atoms with Crippen LogP contribution in [0.25, 0.3) is 0 Å². The molecule has 2 aromatic rings. The quantitative estimate of drug-likeness (QED) is 0.594. The molecule has 0 saturated heterocycles. The number of pyridine rings is 1. The fraction of sp³-hybridized carbons (Fsp3) is 0. The van der Waals surface area contributed by atoms with E-state index in [0.29, 0.717) is 10.2 Å². The van der Waals surface area contributed by atoms with Gasteiger partial charge >= 0.3 is 5.69 Å². The number of hydrogen-bond donors (Lipinski definition) is 0. The molecule has 0 aliphatic carbocycles. The van der Waals surface area contributed by atoms with Gasteiger partial charge in [-0.25, -0.2) is 0 Å².